The molecule has 1 saturated carbocycles. The molecule has 27 heavy (non-hydrogen) atoms. The first-order valence-electron chi connectivity index (χ1n) is 8.15. The summed E-state index contributed by atoms with van der Waals surface area (Å²) in [4.78, 5) is 22.5. The van der Waals surface area contributed by atoms with Gasteiger partial charge in [0.2, 0.25) is 0 Å². The van der Waals surface area contributed by atoms with Crippen LogP contribution in [0.2, 0.25) is 0 Å². The van der Waals surface area contributed by atoms with Gasteiger partial charge in [-0.25, -0.2) is 8.78 Å². The quantitative estimate of drug-likeness (QED) is 0.446. The van der Waals surface area contributed by atoms with Crippen LogP contribution in [-0.2, 0) is 0 Å². The molecule has 0 bridgehead atoms. The van der Waals surface area contributed by atoms with E-state index in [9.17, 15) is 36.9 Å². The second kappa shape index (κ2) is 8.49. The lowest BCUT2D eigenvalue weighted by Crippen LogP contribution is -2.40. The number of amides is 1. The Labute approximate surface area is 150 Å². The molecule has 0 spiro atoms. The SMILES string of the molecule is O=C(NC1CCC(C(F)(F)F)CC1)c1cc([N+](=O)[O-])ccc1OCC(F)F. The van der Waals surface area contributed by atoms with Crippen LogP contribution in [0.5, 0.6) is 5.75 Å². The van der Waals surface area contributed by atoms with E-state index in [4.69, 9.17) is 4.74 Å². The van der Waals surface area contributed by atoms with Crippen molar-refractivity contribution in [2.45, 2.75) is 44.3 Å². The molecule has 0 atom stereocenters. The van der Waals surface area contributed by atoms with Gasteiger partial charge in [0, 0.05) is 18.2 Å². The van der Waals surface area contributed by atoms with E-state index in [1.54, 1.807) is 0 Å². The van der Waals surface area contributed by atoms with Crippen LogP contribution in [0.4, 0.5) is 27.6 Å². The van der Waals surface area contributed by atoms with Crippen molar-refractivity contribution in [1.82, 2.24) is 5.32 Å². The van der Waals surface area contributed by atoms with E-state index in [0.29, 0.717) is 0 Å². The van der Waals surface area contributed by atoms with Crippen molar-refractivity contribution in [3.63, 3.8) is 0 Å². The van der Waals surface area contributed by atoms with Crippen molar-refractivity contribution in [3.8, 4) is 5.75 Å². The van der Waals surface area contributed by atoms with Crippen LogP contribution < -0.4 is 10.1 Å². The third-order valence-electron chi connectivity index (χ3n) is 4.31. The summed E-state index contributed by atoms with van der Waals surface area (Å²) >= 11 is 0. The molecule has 1 N–H and O–H groups in total. The number of hydrogen-bond donors (Lipinski definition) is 1. The Morgan fingerprint density at radius 2 is 1.89 bits per heavy atom. The molecule has 6 nitrogen and oxygen atoms in total. The van der Waals surface area contributed by atoms with Gasteiger partial charge in [-0.3, -0.25) is 14.9 Å². The molecule has 0 radical (unpaired) electrons. The third-order valence-corrected chi connectivity index (χ3v) is 4.31. The largest absolute Gasteiger partial charge is 0.487 e. The number of nitrogens with one attached hydrogen (secondary N) is 1. The normalized spacial score (nSPS) is 20.4. The highest BCUT2D eigenvalue weighted by atomic mass is 19.4. The molecule has 0 aromatic heterocycles. The fraction of sp³-hybridized carbons (Fsp3) is 0.562. The van der Waals surface area contributed by atoms with Crippen LogP contribution in [0.25, 0.3) is 0 Å². The second-order valence-corrected chi connectivity index (χ2v) is 6.20. The summed E-state index contributed by atoms with van der Waals surface area (Å²) in [5.41, 5.74) is -0.756. The second-order valence-electron chi connectivity index (χ2n) is 6.20. The van der Waals surface area contributed by atoms with Crippen molar-refractivity contribution in [1.29, 1.82) is 0 Å². The van der Waals surface area contributed by atoms with E-state index in [1.807, 2.05) is 0 Å². The molecule has 0 aliphatic heterocycles. The summed E-state index contributed by atoms with van der Waals surface area (Å²) in [5.74, 6) is -2.51. The third kappa shape index (κ3) is 5.76. The van der Waals surface area contributed by atoms with Crippen molar-refractivity contribution in [2.75, 3.05) is 6.61 Å². The van der Waals surface area contributed by atoms with Crippen LogP contribution in [0.15, 0.2) is 18.2 Å². The average Bonchev–Trinajstić information content (AvgIpc) is 2.59. The molecule has 150 valence electrons. The molecule has 2 rings (SSSR count). The maximum absolute atomic E-state index is 12.7. The number of halogens is 5. The first-order chi connectivity index (χ1) is 12.6. The molecule has 0 heterocycles. The molecular formula is C16H17F5N2O4. The van der Waals surface area contributed by atoms with Crippen molar-refractivity contribution >= 4 is 11.6 Å². The molecule has 1 aromatic carbocycles. The number of alkyl halides is 5. The topological polar surface area (TPSA) is 81.5 Å². The Morgan fingerprint density at radius 1 is 1.26 bits per heavy atom. The minimum Gasteiger partial charge on any atom is -0.487 e. The Balaban J connectivity index is 2.10. The summed E-state index contributed by atoms with van der Waals surface area (Å²) in [5, 5.41) is 13.4. The maximum Gasteiger partial charge on any atom is 0.391 e. The zero-order chi connectivity index (χ0) is 20.2. The van der Waals surface area contributed by atoms with Crippen LogP contribution in [-0.4, -0.2) is 36.1 Å². The van der Waals surface area contributed by atoms with E-state index in [1.165, 1.54) is 0 Å². The summed E-state index contributed by atoms with van der Waals surface area (Å²) in [7, 11) is 0. The number of non-ortho nitro benzene ring substituents is 1. The molecule has 1 amide bonds. The van der Waals surface area contributed by atoms with E-state index in [0.717, 1.165) is 18.2 Å². The molecule has 11 heteroatoms. The van der Waals surface area contributed by atoms with Gasteiger partial charge in [0.15, 0.2) is 0 Å². The van der Waals surface area contributed by atoms with Gasteiger partial charge < -0.3 is 10.1 Å². The van der Waals surface area contributed by atoms with Crippen LogP contribution in [0.3, 0.4) is 0 Å². The predicted molar refractivity (Wildman–Crippen MR) is 83.9 cm³/mol. The molecule has 0 saturated heterocycles. The van der Waals surface area contributed by atoms with Gasteiger partial charge in [0.05, 0.1) is 16.4 Å². The molecular weight excluding hydrogens is 379 g/mol. The summed E-state index contributed by atoms with van der Waals surface area (Å²) < 4.78 is 67.6. The van der Waals surface area contributed by atoms with Gasteiger partial charge in [-0.2, -0.15) is 13.2 Å². The molecule has 0 unspecified atom stereocenters. The number of carbonyl (C=O) groups excluding carboxylic acids is 1. The molecule has 1 fully saturated rings. The Morgan fingerprint density at radius 3 is 2.41 bits per heavy atom. The average molecular weight is 396 g/mol. The Bertz CT molecular complexity index is 688. The molecule has 1 aliphatic rings. The zero-order valence-corrected chi connectivity index (χ0v) is 14.0. The first kappa shape index (κ1) is 20.8. The highest BCUT2D eigenvalue weighted by Crippen LogP contribution is 2.37. The van der Waals surface area contributed by atoms with Gasteiger partial charge in [-0.15, -0.1) is 0 Å². The minimum atomic E-state index is -4.29. The molecule has 1 aliphatic carbocycles. The van der Waals surface area contributed by atoms with Crippen molar-refractivity contribution < 1.29 is 36.4 Å². The van der Waals surface area contributed by atoms with E-state index >= 15 is 0 Å². The van der Waals surface area contributed by atoms with E-state index in [2.05, 4.69) is 5.32 Å². The highest BCUT2D eigenvalue weighted by molar-refractivity contribution is 5.97. The fourth-order valence-corrected chi connectivity index (χ4v) is 2.92. The monoisotopic (exact) mass is 396 g/mol. The summed E-state index contributed by atoms with van der Waals surface area (Å²) in [6.07, 6.45) is -7.19. The van der Waals surface area contributed by atoms with Gasteiger partial charge in [-0.05, 0) is 31.7 Å². The van der Waals surface area contributed by atoms with E-state index in [-0.39, 0.29) is 37.0 Å². The van der Waals surface area contributed by atoms with Gasteiger partial charge in [0.25, 0.3) is 18.0 Å². The number of nitro benzene ring substituents is 1. The lowest BCUT2D eigenvalue weighted by atomic mass is 9.85. The smallest absolute Gasteiger partial charge is 0.391 e. The lowest BCUT2D eigenvalue weighted by Gasteiger charge is -2.30. The lowest BCUT2D eigenvalue weighted by molar-refractivity contribution is -0.384. The van der Waals surface area contributed by atoms with Gasteiger partial charge >= 0.3 is 6.18 Å². The van der Waals surface area contributed by atoms with Crippen molar-refractivity contribution in [3.05, 3.63) is 33.9 Å². The number of ether oxygens (including phenoxy) is 1. The number of nitrogens with zero attached hydrogens (tertiary/aromatic N) is 1. The Hall–Kier alpha value is -2.46. The zero-order valence-electron chi connectivity index (χ0n) is 14.0. The summed E-state index contributed by atoms with van der Waals surface area (Å²) in [6, 6.07) is 2.39. The number of carbonyl (C=O) groups is 1. The number of rotatable bonds is 6. The maximum atomic E-state index is 12.7. The fourth-order valence-electron chi connectivity index (χ4n) is 2.92. The number of hydrogen-bond acceptors (Lipinski definition) is 4. The van der Waals surface area contributed by atoms with Gasteiger partial charge in [-0.1, -0.05) is 0 Å². The first-order valence-corrected chi connectivity index (χ1v) is 8.15. The number of nitro groups is 1. The summed E-state index contributed by atoms with van der Waals surface area (Å²) in [6.45, 7) is -1.01. The van der Waals surface area contributed by atoms with Crippen LogP contribution >= 0.6 is 0 Å². The predicted octanol–water partition coefficient (Wildman–Crippen LogP) is 4.09. The van der Waals surface area contributed by atoms with Gasteiger partial charge in [0.1, 0.15) is 12.4 Å². The van der Waals surface area contributed by atoms with Crippen LogP contribution in [0.1, 0.15) is 36.0 Å². The standard InChI is InChI=1S/C16H17F5N2O4/c17-14(18)8-27-13-6-5-11(23(25)26)7-12(13)15(24)22-10-3-1-9(2-4-10)16(19,20)21/h5-7,9-10,14H,1-4,8H2,(H,22,24). The minimum absolute atomic E-state index is 0.0953. The van der Waals surface area contributed by atoms with Crippen molar-refractivity contribution in [2.24, 2.45) is 5.92 Å². The Kier molecular flexibility index (Phi) is 6.55. The highest BCUT2D eigenvalue weighted by Gasteiger charge is 2.41. The van der Waals surface area contributed by atoms with Crippen LogP contribution in [0, 0.1) is 16.0 Å². The van der Waals surface area contributed by atoms with E-state index < -0.39 is 47.7 Å². The number of benzene rings is 1. The molecule has 1 aromatic rings.